The van der Waals surface area contributed by atoms with E-state index >= 15 is 0 Å². The van der Waals surface area contributed by atoms with E-state index in [1.165, 1.54) is 11.8 Å². The van der Waals surface area contributed by atoms with Crippen LogP contribution in [0.15, 0.2) is 28.3 Å². The molecule has 0 spiro atoms. The van der Waals surface area contributed by atoms with Crippen molar-refractivity contribution in [3.63, 3.8) is 0 Å². The van der Waals surface area contributed by atoms with Crippen LogP contribution < -0.4 is 0 Å². The second kappa shape index (κ2) is 5.03. The maximum atomic E-state index is 9.44. The van der Waals surface area contributed by atoms with Gasteiger partial charge in [-0.3, -0.25) is 0 Å². The van der Waals surface area contributed by atoms with E-state index < -0.39 is 6.10 Å². The number of rotatable bonds is 3. The summed E-state index contributed by atoms with van der Waals surface area (Å²) in [5.41, 5.74) is 0.787. The zero-order valence-corrected chi connectivity index (χ0v) is 10.9. The highest BCUT2D eigenvalue weighted by molar-refractivity contribution is 7.99. The van der Waals surface area contributed by atoms with Crippen molar-refractivity contribution in [2.75, 3.05) is 0 Å². The van der Waals surface area contributed by atoms with Crippen molar-refractivity contribution >= 4 is 23.4 Å². The van der Waals surface area contributed by atoms with E-state index in [1.54, 1.807) is 24.7 Å². The number of hydrogen-bond donors (Lipinski definition) is 1. The molecule has 0 saturated heterocycles. The Kier molecular flexibility index (Phi) is 3.66. The molecule has 90 valence electrons. The van der Waals surface area contributed by atoms with Crippen LogP contribution in [-0.4, -0.2) is 25.3 Å². The van der Waals surface area contributed by atoms with Gasteiger partial charge in [0, 0.05) is 11.9 Å². The van der Waals surface area contributed by atoms with Gasteiger partial charge in [-0.2, -0.15) is 0 Å². The Labute approximate surface area is 108 Å². The van der Waals surface area contributed by atoms with Crippen molar-refractivity contribution in [2.45, 2.75) is 23.1 Å². The largest absolute Gasteiger partial charge is 0.389 e. The molecule has 2 rings (SSSR count). The zero-order valence-electron chi connectivity index (χ0n) is 9.33. The molecule has 17 heavy (non-hydrogen) atoms. The SMILES string of the molecule is C[C@@H](O)c1ccc(Sc2nnnn2C)c(Cl)c1. The van der Waals surface area contributed by atoms with Gasteiger partial charge < -0.3 is 5.11 Å². The first kappa shape index (κ1) is 12.3. The van der Waals surface area contributed by atoms with Gasteiger partial charge in [0.25, 0.3) is 0 Å². The fraction of sp³-hybridized carbons (Fsp3) is 0.300. The highest BCUT2D eigenvalue weighted by Gasteiger charge is 2.10. The fourth-order valence-corrected chi connectivity index (χ4v) is 2.31. The topological polar surface area (TPSA) is 63.8 Å². The summed E-state index contributed by atoms with van der Waals surface area (Å²) >= 11 is 7.51. The van der Waals surface area contributed by atoms with E-state index in [4.69, 9.17) is 11.6 Å². The number of aliphatic hydroxyl groups is 1. The summed E-state index contributed by atoms with van der Waals surface area (Å²) < 4.78 is 1.57. The molecule has 0 aliphatic rings. The highest BCUT2D eigenvalue weighted by atomic mass is 35.5. The summed E-state index contributed by atoms with van der Waals surface area (Å²) in [6.07, 6.45) is -0.525. The van der Waals surface area contributed by atoms with Gasteiger partial charge in [-0.15, -0.1) is 5.10 Å². The molecular formula is C10H11ClN4OS. The Morgan fingerprint density at radius 2 is 2.24 bits per heavy atom. The molecule has 5 nitrogen and oxygen atoms in total. The molecule has 0 aliphatic heterocycles. The van der Waals surface area contributed by atoms with Crippen LogP contribution in [0.1, 0.15) is 18.6 Å². The Bertz CT molecular complexity index is 529. The summed E-state index contributed by atoms with van der Waals surface area (Å²) in [7, 11) is 1.76. The zero-order chi connectivity index (χ0) is 12.4. The molecule has 2 aromatic rings. The highest BCUT2D eigenvalue weighted by Crippen LogP contribution is 2.33. The number of aryl methyl sites for hydroxylation is 1. The van der Waals surface area contributed by atoms with Crippen LogP contribution in [0.2, 0.25) is 5.02 Å². The lowest BCUT2D eigenvalue weighted by Gasteiger charge is -2.07. The molecule has 0 fully saturated rings. The molecule has 1 aromatic carbocycles. The lowest BCUT2D eigenvalue weighted by atomic mass is 10.1. The number of aromatic nitrogens is 4. The summed E-state index contributed by atoms with van der Waals surface area (Å²) in [5, 5.41) is 21.8. The second-order valence-corrected chi connectivity index (χ2v) is 4.97. The first-order valence-electron chi connectivity index (χ1n) is 4.95. The summed E-state index contributed by atoms with van der Waals surface area (Å²) in [6.45, 7) is 1.70. The molecule has 1 atom stereocenters. The van der Waals surface area contributed by atoms with E-state index in [1.807, 2.05) is 12.1 Å². The third-order valence-electron chi connectivity index (χ3n) is 2.22. The van der Waals surface area contributed by atoms with Gasteiger partial charge in [-0.1, -0.05) is 17.7 Å². The molecule has 0 radical (unpaired) electrons. The molecule has 0 amide bonds. The first-order chi connectivity index (χ1) is 8.08. The Morgan fingerprint density at radius 1 is 1.47 bits per heavy atom. The molecule has 1 heterocycles. The average Bonchev–Trinajstić information content (AvgIpc) is 2.67. The van der Waals surface area contributed by atoms with Crippen LogP contribution in [0.25, 0.3) is 0 Å². The molecule has 0 aliphatic carbocycles. The monoisotopic (exact) mass is 270 g/mol. The van der Waals surface area contributed by atoms with Crippen molar-refractivity contribution in [3.8, 4) is 0 Å². The fourth-order valence-electron chi connectivity index (χ4n) is 1.27. The Morgan fingerprint density at radius 3 is 2.76 bits per heavy atom. The molecule has 0 bridgehead atoms. The number of hydrogen-bond acceptors (Lipinski definition) is 5. The number of benzene rings is 1. The quantitative estimate of drug-likeness (QED) is 0.925. The van der Waals surface area contributed by atoms with Gasteiger partial charge >= 0.3 is 0 Å². The standard InChI is InChI=1S/C10H11ClN4OS/c1-6(16)7-3-4-9(8(11)5-7)17-10-12-13-14-15(10)2/h3-6,16H,1-2H3/t6-/m1/s1. The maximum absolute atomic E-state index is 9.44. The molecule has 0 saturated carbocycles. The van der Waals surface area contributed by atoms with Crippen molar-refractivity contribution in [2.24, 2.45) is 7.05 Å². The van der Waals surface area contributed by atoms with Crippen LogP contribution in [0.4, 0.5) is 0 Å². The van der Waals surface area contributed by atoms with Crippen molar-refractivity contribution in [1.29, 1.82) is 0 Å². The minimum absolute atomic E-state index is 0.525. The predicted molar refractivity (Wildman–Crippen MR) is 65.0 cm³/mol. The van der Waals surface area contributed by atoms with E-state index in [0.29, 0.717) is 10.2 Å². The number of nitrogens with zero attached hydrogens (tertiary/aromatic N) is 4. The third kappa shape index (κ3) is 2.77. The van der Waals surface area contributed by atoms with Crippen molar-refractivity contribution in [3.05, 3.63) is 28.8 Å². The van der Waals surface area contributed by atoms with Crippen LogP contribution in [-0.2, 0) is 7.05 Å². The Hall–Kier alpha value is -1.11. The molecule has 7 heteroatoms. The normalized spacial score (nSPS) is 12.7. The summed E-state index contributed by atoms with van der Waals surface area (Å²) in [5.74, 6) is 0. The minimum atomic E-state index is -0.525. The van der Waals surface area contributed by atoms with Crippen LogP contribution >= 0.6 is 23.4 Å². The predicted octanol–water partition coefficient (Wildman–Crippen LogP) is 2.07. The Balaban J connectivity index is 2.26. The van der Waals surface area contributed by atoms with E-state index in [2.05, 4.69) is 15.5 Å². The van der Waals surface area contributed by atoms with Crippen LogP contribution in [0, 0.1) is 0 Å². The minimum Gasteiger partial charge on any atom is -0.389 e. The number of halogens is 1. The van der Waals surface area contributed by atoms with E-state index in [-0.39, 0.29) is 0 Å². The van der Waals surface area contributed by atoms with Crippen LogP contribution in [0.3, 0.4) is 0 Å². The number of tetrazole rings is 1. The van der Waals surface area contributed by atoms with Gasteiger partial charge in [0.2, 0.25) is 5.16 Å². The van der Waals surface area contributed by atoms with Gasteiger partial charge in [0.15, 0.2) is 0 Å². The van der Waals surface area contributed by atoms with Crippen molar-refractivity contribution < 1.29 is 5.11 Å². The summed E-state index contributed by atoms with van der Waals surface area (Å²) in [6, 6.07) is 5.44. The van der Waals surface area contributed by atoms with Gasteiger partial charge in [0.1, 0.15) is 0 Å². The third-order valence-corrected chi connectivity index (χ3v) is 3.75. The number of aliphatic hydroxyl groups excluding tert-OH is 1. The smallest absolute Gasteiger partial charge is 0.213 e. The van der Waals surface area contributed by atoms with E-state index in [0.717, 1.165) is 10.5 Å². The first-order valence-corrected chi connectivity index (χ1v) is 6.15. The van der Waals surface area contributed by atoms with E-state index in [9.17, 15) is 5.11 Å². The molecule has 1 aromatic heterocycles. The molecule has 1 N–H and O–H groups in total. The molecule has 0 unspecified atom stereocenters. The average molecular weight is 271 g/mol. The molecular weight excluding hydrogens is 260 g/mol. The van der Waals surface area contributed by atoms with Gasteiger partial charge in [0.05, 0.1) is 11.1 Å². The lowest BCUT2D eigenvalue weighted by molar-refractivity contribution is 0.199. The second-order valence-electron chi connectivity index (χ2n) is 3.55. The van der Waals surface area contributed by atoms with Gasteiger partial charge in [-0.25, -0.2) is 4.68 Å². The van der Waals surface area contributed by atoms with Crippen LogP contribution in [0.5, 0.6) is 0 Å². The van der Waals surface area contributed by atoms with Gasteiger partial charge in [-0.05, 0) is 46.8 Å². The maximum Gasteiger partial charge on any atom is 0.213 e. The lowest BCUT2D eigenvalue weighted by Crippen LogP contribution is -1.94. The summed E-state index contributed by atoms with van der Waals surface area (Å²) in [4.78, 5) is 0.856. The van der Waals surface area contributed by atoms with Crippen molar-refractivity contribution in [1.82, 2.24) is 20.2 Å².